The summed E-state index contributed by atoms with van der Waals surface area (Å²) in [5, 5.41) is 7.55. The van der Waals surface area contributed by atoms with E-state index in [-0.39, 0.29) is 24.4 Å². The minimum Gasteiger partial charge on any atom is -0.451 e. The van der Waals surface area contributed by atoms with Gasteiger partial charge in [-0.25, -0.2) is 0 Å². The highest BCUT2D eigenvalue weighted by Gasteiger charge is 2.30. The number of amides is 2. The average Bonchev–Trinajstić information content (AvgIpc) is 2.74. The molecule has 0 spiro atoms. The van der Waals surface area contributed by atoms with Crippen molar-refractivity contribution in [1.29, 1.82) is 0 Å². The van der Waals surface area contributed by atoms with Crippen molar-refractivity contribution < 1.29 is 19.1 Å². The summed E-state index contributed by atoms with van der Waals surface area (Å²) < 4.78 is 5.21. The second-order valence-electron chi connectivity index (χ2n) is 8.26. The van der Waals surface area contributed by atoms with Crippen LogP contribution in [0.15, 0.2) is 42.5 Å². The molecule has 0 heterocycles. The first kappa shape index (κ1) is 21.8. The van der Waals surface area contributed by atoms with Gasteiger partial charge in [0.1, 0.15) is 6.54 Å². The molecular weight excluding hydrogens is 380 g/mol. The molecule has 160 valence electrons. The Balaban J connectivity index is 1.47. The number of hydrogen-bond acceptors (Lipinski definition) is 4. The normalized spacial score (nSPS) is 22.2. The second-order valence-corrected chi connectivity index (χ2v) is 8.26. The highest BCUT2D eigenvalue weighted by Crippen LogP contribution is 2.29. The Morgan fingerprint density at radius 2 is 1.80 bits per heavy atom. The number of hydrogen-bond donors (Lipinski definition) is 2. The maximum absolute atomic E-state index is 12.4. The van der Waals surface area contributed by atoms with Gasteiger partial charge in [0.2, 0.25) is 0 Å². The van der Waals surface area contributed by atoms with Gasteiger partial charge in [-0.2, -0.15) is 0 Å². The number of esters is 1. The third-order valence-electron chi connectivity index (χ3n) is 6.12. The summed E-state index contributed by atoms with van der Waals surface area (Å²) in [6.45, 7) is 5.61. The van der Waals surface area contributed by atoms with E-state index >= 15 is 0 Å². The van der Waals surface area contributed by atoms with Gasteiger partial charge in [-0.3, -0.25) is 14.4 Å². The lowest BCUT2D eigenvalue weighted by atomic mass is 9.78. The van der Waals surface area contributed by atoms with Crippen LogP contribution >= 0.6 is 0 Å². The molecule has 0 bridgehead atoms. The molecule has 0 aliphatic heterocycles. The number of nitrogens with one attached hydrogen (secondary N) is 2. The lowest BCUT2D eigenvalue weighted by Gasteiger charge is -2.35. The van der Waals surface area contributed by atoms with Gasteiger partial charge in [0.05, 0.1) is 0 Å². The van der Waals surface area contributed by atoms with Gasteiger partial charge in [0, 0.05) is 11.6 Å². The molecule has 2 N–H and O–H groups in total. The summed E-state index contributed by atoms with van der Waals surface area (Å²) in [5.74, 6) is -0.342. The molecule has 4 atom stereocenters. The molecule has 2 aromatic carbocycles. The number of carbonyl (C=O) groups is 3. The van der Waals surface area contributed by atoms with Crippen LogP contribution < -0.4 is 10.6 Å². The monoisotopic (exact) mass is 410 g/mol. The van der Waals surface area contributed by atoms with Gasteiger partial charge in [0.25, 0.3) is 11.8 Å². The highest BCUT2D eigenvalue weighted by molar-refractivity contribution is 5.99. The largest absolute Gasteiger partial charge is 0.451 e. The molecule has 1 fully saturated rings. The molecule has 0 aromatic heterocycles. The summed E-state index contributed by atoms with van der Waals surface area (Å²) in [6, 6.07) is 13.2. The second kappa shape index (κ2) is 9.74. The minimum absolute atomic E-state index is 0.106. The number of carbonyl (C=O) groups excluding carboxylic acids is 3. The van der Waals surface area contributed by atoms with E-state index in [1.54, 1.807) is 19.1 Å². The third-order valence-corrected chi connectivity index (χ3v) is 6.12. The van der Waals surface area contributed by atoms with Crippen LogP contribution in [-0.2, 0) is 14.3 Å². The molecule has 1 aliphatic rings. The van der Waals surface area contributed by atoms with Crippen molar-refractivity contribution in [2.24, 2.45) is 11.8 Å². The van der Waals surface area contributed by atoms with Crippen molar-refractivity contribution in [1.82, 2.24) is 10.6 Å². The molecule has 0 radical (unpaired) electrons. The number of fused-ring (bicyclic) bond motifs is 1. The molecule has 2 amide bonds. The topological polar surface area (TPSA) is 84.5 Å². The first-order valence-corrected chi connectivity index (χ1v) is 10.6. The summed E-state index contributed by atoms with van der Waals surface area (Å²) in [7, 11) is 0. The molecule has 1 saturated carbocycles. The molecule has 1 aliphatic carbocycles. The molecular formula is C24H30N2O4. The predicted molar refractivity (Wildman–Crippen MR) is 116 cm³/mol. The first-order valence-electron chi connectivity index (χ1n) is 10.6. The number of ether oxygens (including phenoxy) is 1. The van der Waals surface area contributed by atoms with Gasteiger partial charge in [-0.15, -0.1) is 0 Å². The third kappa shape index (κ3) is 5.38. The smallest absolute Gasteiger partial charge is 0.326 e. The summed E-state index contributed by atoms with van der Waals surface area (Å²) in [6.07, 6.45) is 2.31. The van der Waals surface area contributed by atoms with E-state index in [0.29, 0.717) is 17.4 Å². The Labute approximate surface area is 177 Å². The van der Waals surface area contributed by atoms with Gasteiger partial charge in [-0.05, 0) is 48.1 Å². The van der Waals surface area contributed by atoms with Crippen molar-refractivity contribution in [2.45, 2.75) is 52.2 Å². The van der Waals surface area contributed by atoms with Crippen LogP contribution in [-0.4, -0.2) is 36.5 Å². The zero-order valence-corrected chi connectivity index (χ0v) is 17.8. The van der Waals surface area contributed by atoms with Crippen LogP contribution in [0.5, 0.6) is 0 Å². The first-order chi connectivity index (χ1) is 14.3. The molecule has 3 rings (SSSR count). The van der Waals surface area contributed by atoms with E-state index in [9.17, 15) is 14.4 Å². The van der Waals surface area contributed by atoms with Crippen LogP contribution in [0.2, 0.25) is 0 Å². The maximum atomic E-state index is 12.4. The zero-order valence-electron chi connectivity index (χ0n) is 17.8. The average molecular weight is 411 g/mol. The van der Waals surface area contributed by atoms with Crippen molar-refractivity contribution in [3.63, 3.8) is 0 Å². The van der Waals surface area contributed by atoms with E-state index in [2.05, 4.69) is 24.5 Å². The van der Waals surface area contributed by atoms with Crippen LogP contribution in [0.3, 0.4) is 0 Å². The van der Waals surface area contributed by atoms with E-state index in [1.807, 2.05) is 30.3 Å². The van der Waals surface area contributed by atoms with Crippen LogP contribution in [0.4, 0.5) is 0 Å². The van der Waals surface area contributed by atoms with E-state index in [1.165, 1.54) is 6.42 Å². The Morgan fingerprint density at radius 1 is 1.07 bits per heavy atom. The number of rotatable bonds is 6. The van der Waals surface area contributed by atoms with Crippen LogP contribution in [0, 0.1) is 11.8 Å². The SMILES string of the molecule is C[C@@H]1[C@H](C)CCC[C@H]1NC(=O)[C@@H](C)OC(=O)CNC(=O)c1ccc2ccccc2c1. The standard InChI is InChI=1S/C24H30N2O4/c1-15-7-6-10-21(16(15)2)26-23(28)17(3)30-22(27)14-25-24(29)20-12-11-18-8-4-5-9-19(18)13-20/h4-5,8-9,11-13,15-17,21H,6-7,10,14H2,1-3H3,(H,25,29)(H,26,28)/t15-,16-,17-,21-/m1/s1. The van der Waals surface area contributed by atoms with Crippen LogP contribution in [0.25, 0.3) is 10.8 Å². The Hall–Kier alpha value is -2.89. The summed E-state index contributed by atoms with van der Waals surface area (Å²) >= 11 is 0. The quantitative estimate of drug-likeness (QED) is 0.715. The molecule has 6 heteroatoms. The fraction of sp³-hybridized carbons (Fsp3) is 0.458. The van der Waals surface area contributed by atoms with Gasteiger partial charge >= 0.3 is 5.97 Å². The Bertz CT molecular complexity index is 926. The highest BCUT2D eigenvalue weighted by atomic mass is 16.5. The maximum Gasteiger partial charge on any atom is 0.326 e. The fourth-order valence-electron chi connectivity index (χ4n) is 3.96. The minimum atomic E-state index is -0.903. The van der Waals surface area contributed by atoms with Crippen molar-refractivity contribution >= 4 is 28.6 Å². The molecule has 0 saturated heterocycles. The lowest BCUT2D eigenvalue weighted by molar-refractivity contribution is -0.154. The van der Waals surface area contributed by atoms with E-state index in [4.69, 9.17) is 4.74 Å². The van der Waals surface area contributed by atoms with Gasteiger partial charge < -0.3 is 15.4 Å². The van der Waals surface area contributed by atoms with Gasteiger partial charge in [0.15, 0.2) is 6.10 Å². The number of benzene rings is 2. The molecule has 2 aromatic rings. The Kier molecular flexibility index (Phi) is 7.08. The van der Waals surface area contributed by atoms with Gasteiger partial charge in [-0.1, -0.05) is 57.0 Å². The summed E-state index contributed by atoms with van der Waals surface area (Å²) in [5.41, 5.74) is 0.465. The molecule has 6 nitrogen and oxygen atoms in total. The predicted octanol–water partition coefficient (Wildman–Crippen LogP) is 3.44. The van der Waals surface area contributed by atoms with Crippen molar-refractivity contribution in [3.05, 3.63) is 48.0 Å². The van der Waals surface area contributed by atoms with E-state index in [0.717, 1.165) is 23.6 Å². The Morgan fingerprint density at radius 3 is 2.57 bits per heavy atom. The van der Waals surface area contributed by atoms with Crippen molar-refractivity contribution in [3.8, 4) is 0 Å². The van der Waals surface area contributed by atoms with E-state index < -0.39 is 12.1 Å². The molecule has 30 heavy (non-hydrogen) atoms. The summed E-state index contributed by atoms with van der Waals surface area (Å²) in [4.78, 5) is 36.8. The zero-order chi connectivity index (χ0) is 21.7. The lowest BCUT2D eigenvalue weighted by Crippen LogP contribution is -2.48. The van der Waals surface area contributed by atoms with Crippen LogP contribution in [0.1, 0.15) is 50.4 Å². The van der Waals surface area contributed by atoms with Crippen molar-refractivity contribution in [2.75, 3.05) is 6.54 Å². The molecule has 0 unspecified atom stereocenters. The fourth-order valence-corrected chi connectivity index (χ4v) is 3.96.